The van der Waals surface area contributed by atoms with Crippen molar-refractivity contribution in [3.05, 3.63) is 0 Å². The molecule has 2 rings (SSSR count). The van der Waals surface area contributed by atoms with Crippen LogP contribution >= 0.6 is 0 Å². The van der Waals surface area contributed by atoms with Crippen molar-refractivity contribution in [1.82, 2.24) is 10.2 Å². The third-order valence-corrected chi connectivity index (χ3v) is 3.43. The Kier molecular flexibility index (Phi) is 2.82. The van der Waals surface area contributed by atoms with E-state index in [1.807, 2.05) is 0 Å². The van der Waals surface area contributed by atoms with E-state index in [2.05, 4.69) is 31.1 Å². The van der Waals surface area contributed by atoms with Crippen molar-refractivity contribution >= 4 is 0 Å². The third-order valence-electron chi connectivity index (χ3n) is 3.43. The van der Waals surface area contributed by atoms with Gasteiger partial charge in [0, 0.05) is 25.7 Å². The van der Waals surface area contributed by atoms with Crippen LogP contribution < -0.4 is 5.32 Å². The van der Waals surface area contributed by atoms with E-state index in [4.69, 9.17) is 4.74 Å². The molecule has 2 saturated heterocycles. The van der Waals surface area contributed by atoms with Crippen LogP contribution in [0.5, 0.6) is 0 Å². The molecule has 0 aliphatic carbocycles. The van der Waals surface area contributed by atoms with Crippen LogP contribution in [0.4, 0.5) is 0 Å². The summed E-state index contributed by atoms with van der Waals surface area (Å²) in [4.78, 5) is 2.43. The van der Waals surface area contributed by atoms with E-state index in [1.165, 1.54) is 12.8 Å². The third kappa shape index (κ3) is 2.27. The molecule has 82 valence electrons. The van der Waals surface area contributed by atoms with Crippen LogP contribution in [0.2, 0.25) is 0 Å². The summed E-state index contributed by atoms with van der Waals surface area (Å²) in [5, 5.41) is 3.30. The molecule has 0 spiro atoms. The highest BCUT2D eigenvalue weighted by Gasteiger charge is 2.33. The lowest BCUT2D eigenvalue weighted by molar-refractivity contribution is -0.0325. The van der Waals surface area contributed by atoms with Gasteiger partial charge in [0.15, 0.2) is 0 Å². The number of hydrogen-bond acceptors (Lipinski definition) is 3. The predicted molar refractivity (Wildman–Crippen MR) is 57.5 cm³/mol. The molecule has 0 aromatic rings. The van der Waals surface area contributed by atoms with Crippen molar-refractivity contribution in [3.8, 4) is 0 Å². The summed E-state index contributed by atoms with van der Waals surface area (Å²) in [5.41, 5.74) is 0.114. The molecular weight excluding hydrogens is 176 g/mol. The molecular formula is C11H22N2O. The van der Waals surface area contributed by atoms with E-state index in [0.717, 1.165) is 25.7 Å². The van der Waals surface area contributed by atoms with Gasteiger partial charge in [-0.25, -0.2) is 0 Å². The average molecular weight is 198 g/mol. The minimum atomic E-state index is 0.114. The second-order valence-electron chi connectivity index (χ2n) is 5.29. The fraction of sp³-hybridized carbons (Fsp3) is 1.00. The zero-order valence-electron chi connectivity index (χ0n) is 9.55. The van der Waals surface area contributed by atoms with Crippen molar-refractivity contribution in [1.29, 1.82) is 0 Å². The first kappa shape index (κ1) is 10.4. The summed E-state index contributed by atoms with van der Waals surface area (Å²) in [6, 6.07) is 0.738. The first-order chi connectivity index (χ1) is 6.57. The van der Waals surface area contributed by atoms with Gasteiger partial charge in [-0.3, -0.25) is 4.90 Å². The first-order valence-corrected chi connectivity index (χ1v) is 5.66. The highest BCUT2D eigenvalue weighted by Crippen LogP contribution is 2.29. The molecule has 1 unspecified atom stereocenters. The Balaban J connectivity index is 1.75. The van der Waals surface area contributed by atoms with Crippen LogP contribution in [-0.2, 0) is 4.74 Å². The number of ether oxygens (including phenoxy) is 1. The molecule has 2 fully saturated rings. The summed E-state index contributed by atoms with van der Waals surface area (Å²) in [7, 11) is 2.21. The number of rotatable bonds is 3. The molecule has 0 amide bonds. The molecule has 0 saturated carbocycles. The summed E-state index contributed by atoms with van der Waals surface area (Å²) in [5.74, 6) is 0. The largest absolute Gasteiger partial charge is 0.371 e. The van der Waals surface area contributed by atoms with Crippen LogP contribution in [-0.4, -0.2) is 49.3 Å². The summed E-state index contributed by atoms with van der Waals surface area (Å²) >= 11 is 0. The SMILES string of the molecule is CN(CC1CCC(C)(C)O1)C1CNC1. The average Bonchev–Trinajstić information content (AvgIpc) is 2.25. The molecule has 0 aromatic heterocycles. The number of hydrogen-bond donors (Lipinski definition) is 1. The summed E-state index contributed by atoms with van der Waals surface area (Å²) in [6.07, 6.45) is 2.88. The van der Waals surface area contributed by atoms with E-state index in [1.54, 1.807) is 0 Å². The Morgan fingerprint density at radius 1 is 1.43 bits per heavy atom. The van der Waals surface area contributed by atoms with Gasteiger partial charge in [-0.2, -0.15) is 0 Å². The van der Waals surface area contributed by atoms with Crippen molar-refractivity contribution in [2.24, 2.45) is 0 Å². The van der Waals surface area contributed by atoms with Crippen LogP contribution in [0, 0.1) is 0 Å². The van der Waals surface area contributed by atoms with E-state index < -0.39 is 0 Å². The van der Waals surface area contributed by atoms with Crippen molar-refractivity contribution in [2.45, 2.75) is 44.4 Å². The highest BCUT2D eigenvalue weighted by atomic mass is 16.5. The lowest BCUT2D eigenvalue weighted by Gasteiger charge is -2.37. The monoisotopic (exact) mass is 198 g/mol. The first-order valence-electron chi connectivity index (χ1n) is 5.66. The van der Waals surface area contributed by atoms with Crippen molar-refractivity contribution in [3.63, 3.8) is 0 Å². The van der Waals surface area contributed by atoms with Crippen molar-refractivity contribution in [2.75, 3.05) is 26.7 Å². The normalized spacial score (nSPS) is 32.1. The Morgan fingerprint density at radius 3 is 2.57 bits per heavy atom. The van der Waals surface area contributed by atoms with Gasteiger partial charge in [0.25, 0.3) is 0 Å². The standard InChI is InChI=1S/C11H22N2O/c1-11(2)5-4-10(14-11)8-13(3)9-6-12-7-9/h9-10,12H,4-8H2,1-3H3. The Bertz CT molecular complexity index is 201. The summed E-state index contributed by atoms with van der Waals surface area (Å²) < 4.78 is 5.98. The van der Waals surface area contributed by atoms with E-state index in [9.17, 15) is 0 Å². The maximum absolute atomic E-state index is 5.98. The molecule has 3 heteroatoms. The Labute approximate surface area is 86.8 Å². The van der Waals surface area contributed by atoms with Gasteiger partial charge in [-0.1, -0.05) is 0 Å². The molecule has 0 bridgehead atoms. The van der Waals surface area contributed by atoms with Gasteiger partial charge >= 0.3 is 0 Å². The predicted octanol–water partition coefficient (Wildman–Crippen LogP) is 0.848. The van der Waals surface area contributed by atoms with Gasteiger partial charge in [0.2, 0.25) is 0 Å². The smallest absolute Gasteiger partial charge is 0.0710 e. The molecule has 3 nitrogen and oxygen atoms in total. The number of likely N-dealkylation sites (N-methyl/N-ethyl adjacent to an activating group) is 1. The van der Waals surface area contributed by atoms with E-state index in [-0.39, 0.29) is 5.60 Å². The van der Waals surface area contributed by atoms with E-state index >= 15 is 0 Å². The molecule has 2 heterocycles. The minimum absolute atomic E-state index is 0.114. The Hall–Kier alpha value is -0.120. The second kappa shape index (κ2) is 3.80. The van der Waals surface area contributed by atoms with Gasteiger partial charge in [-0.05, 0) is 33.7 Å². The molecule has 0 aromatic carbocycles. The molecule has 14 heavy (non-hydrogen) atoms. The lowest BCUT2D eigenvalue weighted by atomic mass is 10.0. The minimum Gasteiger partial charge on any atom is -0.371 e. The van der Waals surface area contributed by atoms with E-state index in [0.29, 0.717) is 6.10 Å². The maximum Gasteiger partial charge on any atom is 0.0710 e. The van der Waals surface area contributed by atoms with Crippen LogP contribution in [0.3, 0.4) is 0 Å². The Morgan fingerprint density at radius 2 is 2.14 bits per heavy atom. The number of nitrogens with one attached hydrogen (secondary N) is 1. The highest BCUT2D eigenvalue weighted by molar-refractivity contribution is 4.87. The van der Waals surface area contributed by atoms with Crippen molar-refractivity contribution < 1.29 is 4.74 Å². The van der Waals surface area contributed by atoms with Gasteiger partial charge in [0.1, 0.15) is 0 Å². The quantitative estimate of drug-likeness (QED) is 0.727. The van der Waals surface area contributed by atoms with Crippen LogP contribution in [0.1, 0.15) is 26.7 Å². The van der Waals surface area contributed by atoms with Crippen LogP contribution in [0.15, 0.2) is 0 Å². The van der Waals surface area contributed by atoms with Crippen LogP contribution in [0.25, 0.3) is 0 Å². The zero-order valence-corrected chi connectivity index (χ0v) is 9.55. The fourth-order valence-electron chi connectivity index (χ4n) is 2.26. The van der Waals surface area contributed by atoms with Gasteiger partial charge in [-0.15, -0.1) is 0 Å². The molecule has 1 N–H and O–H groups in total. The lowest BCUT2D eigenvalue weighted by Crippen LogP contribution is -2.57. The van der Waals surface area contributed by atoms with Gasteiger partial charge in [0.05, 0.1) is 11.7 Å². The topological polar surface area (TPSA) is 24.5 Å². The van der Waals surface area contributed by atoms with Gasteiger partial charge < -0.3 is 10.1 Å². The zero-order chi connectivity index (χ0) is 10.2. The summed E-state index contributed by atoms with van der Waals surface area (Å²) in [6.45, 7) is 7.77. The fourth-order valence-corrected chi connectivity index (χ4v) is 2.26. The number of nitrogens with zero attached hydrogens (tertiary/aromatic N) is 1. The maximum atomic E-state index is 5.98. The second-order valence-corrected chi connectivity index (χ2v) is 5.29. The molecule has 2 aliphatic rings. The molecule has 0 radical (unpaired) electrons. The molecule has 1 atom stereocenters. The molecule has 2 aliphatic heterocycles.